The Balaban J connectivity index is 1.38. The number of halogens is 2. The summed E-state index contributed by atoms with van der Waals surface area (Å²) in [5.41, 5.74) is 3.41. The predicted octanol–water partition coefficient (Wildman–Crippen LogP) is 5.02. The molecule has 0 aliphatic carbocycles. The summed E-state index contributed by atoms with van der Waals surface area (Å²) in [6.07, 6.45) is 1.68. The molecule has 1 N–H and O–H groups in total. The highest BCUT2D eigenvalue weighted by Crippen LogP contribution is 2.27. The van der Waals surface area contributed by atoms with Crippen molar-refractivity contribution in [2.24, 2.45) is 5.92 Å². The summed E-state index contributed by atoms with van der Waals surface area (Å²) in [6.45, 7) is 7.57. The molecule has 1 amide bonds. The lowest BCUT2D eigenvalue weighted by atomic mass is 9.95. The van der Waals surface area contributed by atoms with Crippen molar-refractivity contribution in [3.05, 3.63) is 63.1 Å². The minimum Gasteiger partial charge on any atom is -0.492 e. The molecule has 0 atom stereocenters. The van der Waals surface area contributed by atoms with E-state index in [4.69, 9.17) is 27.9 Å². The molecule has 1 aliphatic heterocycles. The van der Waals surface area contributed by atoms with Gasteiger partial charge in [-0.15, -0.1) is 0 Å². The molecule has 0 saturated carbocycles. The van der Waals surface area contributed by atoms with Gasteiger partial charge in [0.2, 0.25) is 5.91 Å². The molecule has 2 aromatic carbocycles. The molecule has 0 unspecified atom stereocenters. The van der Waals surface area contributed by atoms with Gasteiger partial charge in [-0.3, -0.25) is 9.69 Å². The summed E-state index contributed by atoms with van der Waals surface area (Å²) in [5.74, 6) is 1.01. The van der Waals surface area contributed by atoms with Gasteiger partial charge in [0.25, 0.3) is 0 Å². The van der Waals surface area contributed by atoms with E-state index < -0.39 is 0 Å². The van der Waals surface area contributed by atoms with Crippen LogP contribution in [0.25, 0.3) is 0 Å². The number of ether oxygens (including phenoxy) is 1. The van der Waals surface area contributed by atoms with Gasteiger partial charge in [0.15, 0.2) is 0 Å². The van der Waals surface area contributed by atoms with Crippen molar-refractivity contribution in [1.82, 2.24) is 10.2 Å². The van der Waals surface area contributed by atoms with Gasteiger partial charge < -0.3 is 10.1 Å². The molecule has 29 heavy (non-hydrogen) atoms. The van der Waals surface area contributed by atoms with Crippen molar-refractivity contribution in [3.8, 4) is 5.75 Å². The number of amides is 1. The lowest BCUT2D eigenvalue weighted by Gasteiger charge is -2.31. The third-order valence-corrected chi connectivity index (χ3v) is 6.26. The number of carbonyl (C=O) groups is 1. The first-order chi connectivity index (χ1) is 13.9. The summed E-state index contributed by atoms with van der Waals surface area (Å²) in [6, 6.07) is 11.6. The van der Waals surface area contributed by atoms with Crippen LogP contribution in [-0.4, -0.2) is 37.0 Å². The fourth-order valence-electron chi connectivity index (χ4n) is 3.55. The van der Waals surface area contributed by atoms with Gasteiger partial charge >= 0.3 is 0 Å². The van der Waals surface area contributed by atoms with Gasteiger partial charge in [0.1, 0.15) is 12.4 Å². The van der Waals surface area contributed by atoms with Crippen LogP contribution in [0.5, 0.6) is 5.75 Å². The molecule has 1 heterocycles. The Morgan fingerprint density at radius 3 is 2.45 bits per heavy atom. The zero-order chi connectivity index (χ0) is 20.8. The van der Waals surface area contributed by atoms with E-state index in [-0.39, 0.29) is 11.8 Å². The molecule has 6 heteroatoms. The van der Waals surface area contributed by atoms with E-state index in [1.54, 1.807) is 0 Å². The SMILES string of the molecule is Cc1ccc(OCCNC(=O)C2CCN(Cc3c(Cl)cccc3Cl)CC2)cc1C. The Kier molecular flexibility index (Phi) is 7.82. The van der Waals surface area contributed by atoms with Crippen LogP contribution in [0.15, 0.2) is 36.4 Å². The van der Waals surface area contributed by atoms with E-state index in [0.717, 1.165) is 43.8 Å². The average Bonchev–Trinajstić information content (AvgIpc) is 2.71. The van der Waals surface area contributed by atoms with Crippen LogP contribution in [-0.2, 0) is 11.3 Å². The second-order valence-corrected chi connectivity index (χ2v) is 8.45. The highest BCUT2D eigenvalue weighted by molar-refractivity contribution is 6.35. The summed E-state index contributed by atoms with van der Waals surface area (Å²) >= 11 is 12.5. The molecular formula is C23H28Cl2N2O2. The Hall–Kier alpha value is -1.75. The number of aryl methyl sites for hydroxylation is 2. The van der Waals surface area contributed by atoms with Crippen LogP contribution < -0.4 is 10.1 Å². The maximum absolute atomic E-state index is 12.5. The Bertz CT molecular complexity index is 829. The predicted molar refractivity (Wildman–Crippen MR) is 119 cm³/mol. The fraction of sp³-hybridized carbons (Fsp3) is 0.435. The number of benzene rings is 2. The minimum absolute atomic E-state index is 0.0505. The summed E-state index contributed by atoms with van der Waals surface area (Å²) in [4.78, 5) is 14.8. The minimum atomic E-state index is 0.0505. The topological polar surface area (TPSA) is 41.6 Å². The van der Waals surface area contributed by atoms with E-state index in [1.165, 1.54) is 11.1 Å². The van der Waals surface area contributed by atoms with Gasteiger partial charge in [-0.2, -0.15) is 0 Å². The van der Waals surface area contributed by atoms with Crippen molar-refractivity contribution in [1.29, 1.82) is 0 Å². The Labute approximate surface area is 183 Å². The molecule has 1 saturated heterocycles. The zero-order valence-corrected chi connectivity index (χ0v) is 18.5. The Morgan fingerprint density at radius 2 is 1.79 bits per heavy atom. The number of nitrogens with zero attached hydrogens (tertiary/aromatic N) is 1. The van der Waals surface area contributed by atoms with E-state index in [9.17, 15) is 4.79 Å². The molecule has 4 nitrogen and oxygen atoms in total. The third-order valence-electron chi connectivity index (χ3n) is 5.55. The zero-order valence-electron chi connectivity index (χ0n) is 17.0. The van der Waals surface area contributed by atoms with Gasteiger partial charge in [0, 0.05) is 28.1 Å². The number of likely N-dealkylation sites (tertiary alicyclic amines) is 1. The number of carbonyl (C=O) groups excluding carboxylic acids is 1. The molecule has 2 aromatic rings. The summed E-state index contributed by atoms with van der Waals surface area (Å²) in [7, 11) is 0. The van der Waals surface area contributed by atoms with Crippen LogP contribution in [0.2, 0.25) is 10.0 Å². The van der Waals surface area contributed by atoms with Crippen LogP contribution in [0.4, 0.5) is 0 Å². The molecule has 1 fully saturated rings. The average molecular weight is 435 g/mol. The maximum atomic E-state index is 12.5. The number of rotatable bonds is 7. The van der Waals surface area contributed by atoms with Gasteiger partial charge in [-0.1, -0.05) is 35.3 Å². The molecule has 0 bridgehead atoms. The summed E-state index contributed by atoms with van der Waals surface area (Å²) < 4.78 is 5.74. The third kappa shape index (κ3) is 6.11. The van der Waals surface area contributed by atoms with Gasteiger partial charge in [-0.25, -0.2) is 0 Å². The first kappa shape index (κ1) is 21.9. The molecule has 0 radical (unpaired) electrons. The lowest BCUT2D eigenvalue weighted by Crippen LogP contribution is -2.41. The highest BCUT2D eigenvalue weighted by atomic mass is 35.5. The van der Waals surface area contributed by atoms with Crippen molar-refractivity contribution in [2.45, 2.75) is 33.2 Å². The summed E-state index contributed by atoms with van der Waals surface area (Å²) in [5, 5.41) is 4.40. The molecular weight excluding hydrogens is 407 g/mol. The quantitative estimate of drug-likeness (QED) is 0.622. The standard InChI is InChI=1S/C23H28Cl2N2O2/c1-16-6-7-19(14-17(16)2)29-13-10-26-23(28)18-8-11-27(12-9-18)15-20-21(24)4-3-5-22(20)25/h3-7,14,18H,8-13,15H2,1-2H3,(H,26,28). The van der Waals surface area contributed by atoms with Crippen LogP contribution in [0, 0.1) is 19.8 Å². The van der Waals surface area contributed by atoms with E-state index in [2.05, 4.69) is 24.1 Å². The molecule has 3 rings (SSSR count). The van der Waals surface area contributed by atoms with Crippen molar-refractivity contribution >= 4 is 29.1 Å². The first-order valence-corrected chi connectivity index (χ1v) is 10.8. The second-order valence-electron chi connectivity index (χ2n) is 7.64. The fourth-order valence-corrected chi connectivity index (χ4v) is 4.07. The van der Waals surface area contributed by atoms with Crippen LogP contribution in [0.3, 0.4) is 0 Å². The largest absolute Gasteiger partial charge is 0.492 e. The van der Waals surface area contributed by atoms with Crippen molar-refractivity contribution in [2.75, 3.05) is 26.2 Å². The normalized spacial score (nSPS) is 15.3. The molecule has 1 aliphatic rings. The lowest BCUT2D eigenvalue weighted by molar-refractivity contribution is -0.126. The van der Waals surface area contributed by atoms with Crippen LogP contribution >= 0.6 is 23.2 Å². The van der Waals surface area contributed by atoms with Crippen molar-refractivity contribution in [3.63, 3.8) is 0 Å². The number of piperidine rings is 1. The van der Waals surface area contributed by atoms with Crippen LogP contribution in [0.1, 0.15) is 29.5 Å². The van der Waals surface area contributed by atoms with Crippen molar-refractivity contribution < 1.29 is 9.53 Å². The molecule has 0 aromatic heterocycles. The second kappa shape index (κ2) is 10.3. The van der Waals surface area contributed by atoms with Gasteiger partial charge in [-0.05, 0) is 75.2 Å². The highest BCUT2D eigenvalue weighted by Gasteiger charge is 2.25. The number of hydrogen-bond acceptors (Lipinski definition) is 3. The smallest absolute Gasteiger partial charge is 0.223 e. The van der Waals surface area contributed by atoms with Gasteiger partial charge in [0.05, 0.1) is 6.54 Å². The number of nitrogens with one attached hydrogen (secondary N) is 1. The first-order valence-electron chi connectivity index (χ1n) is 10.1. The maximum Gasteiger partial charge on any atom is 0.223 e. The number of hydrogen-bond donors (Lipinski definition) is 1. The Morgan fingerprint density at radius 1 is 1.10 bits per heavy atom. The van der Waals surface area contributed by atoms with E-state index in [0.29, 0.717) is 23.2 Å². The van der Waals surface area contributed by atoms with E-state index >= 15 is 0 Å². The van der Waals surface area contributed by atoms with E-state index in [1.807, 2.05) is 36.4 Å². The monoisotopic (exact) mass is 434 g/mol. The molecule has 0 spiro atoms. The molecule has 156 valence electrons.